The van der Waals surface area contributed by atoms with Gasteiger partial charge in [0.15, 0.2) is 0 Å². The molecule has 0 aliphatic carbocycles. The number of urea groups is 1. The molecule has 1 aromatic rings. The number of hydrogen-bond donors (Lipinski definition) is 3. The number of nitrogens with one attached hydrogen (secondary N) is 2. The van der Waals surface area contributed by atoms with Crippen molar-refractivity contribution in [2.45, 2.75) is 11.9 Å². The predicted molar refractivity (Wildman–Crippen MR) is 56.2 cm³/mol. The van der Waals surface area contributed by atoms with Crippen LogP contribution in [-0.2, 0) is 5.72 Å². The fraction of sp³-hybridized carbons (Fsp3) is 0.222. The zero-order valence-electron chi connectivity index (χ0n) is 8.10. The van der Waals surface area contributed by atoms with E-state index >= 15 is 0 Å². The van der Waals surface area contributed by atoms with Crippen molar-refractivity contribution in [3.63, 3.8) is 0 Å². The van der Waals surface area contributed by atoms with Crippen LogP contribution in [0.1, 0.15) is 5.56 Å². The molecule has 0 aromatic heterocycles. The lowest BCUT2D eigenvalue weighted by Crippen LogP contribution is -2.60. The third kappa shape index (κ3) is 1.87. The van der Waals surface area contributed by atoms with Crippen molar-refractivity contribution in [2.75, 3.05) is 5.32 Å². The van der Waals surface area contributed by atoms with Crippen LogP contribution in [0.15, 0.2) is 22.7 Å². The quantitative estimate of drug-likeness (QED) is 0.688. The van der Waals surface area contributed by atoms with Gasteiger partial charge in [0.2, 0.25) is 0 Å². The van der Waals surface area contributed by atoms with Crippen molar-refractivity contribution in [3.05, 3.63) is 28.2 Å². The fourth-order valence-electron chi connectivity index (χ4n) is 1.54. The summed E-state index contributed by atoms with van der Waals surface area (Å²) in [7, 11) is 0. The van der Waals surface area contributed by atoms with Crippen molar-refractivity contribution >= 4 is 27.6 Å². The fourth-order valence-corrected chi connectivity index (χ4v) is 1.91. The summed E-state index contributed by atoms with van der Waals surface area (Å²) in [5.74, 6) is 0. The summed E-state index contributed by atoms with van der Waals surface area (Å²) in [6.45, 7) is 0. The third-order valence-electron chi connectivity index (χ3n) is 2.32. The molecule has 0 radical (unpaired) electrons. The van der Waals surface area contributed by atoms with E-state index in [4.69, 9.17) is 0 Å². The second kappa shape index (κ2) is 3.61. The molecular weight excluding hydrogens is 305 g/mol. The topological polar surface area (TPSA) is 61.4 Å². The molecule has 1 heterocycles. The lowest BCUT2D eigenvalue weighted by atomic mass is 9.98. The standard InChI is InChI=1S/C9H6BrF3N2O2/c10-4-1-2-5-6(3-4)14-7(16)15-8(5,17)9(11,12)13/h1-3,17H,(H2,14,15,16). The molecule has 1 aliphatic heterocycles. The first-order valence-electron chi connectivity index (χ1n) is 4.42. The first-order valence-corrected chi connectivity index (χ1v) is 5.21. The Kier molecular flexibility index (Phi) is 2.58. The van der Waals surface area contributed by atoms with Crippen LogP contribution in [0.5, 0.6) is 0 Å². The first kappa shape index (κ1) is 12.2. The molecule has 3 N–H and O–H groups in total. The minimum absolute atomic E-state index is 0.0945. The van der Waals surface area contributed by atoms with Crippen molar-refractivity contribution in [1.29, 1.82) is 0 Å². The molecule has 0 spiro atoms. The number of carbonyl (C=O) groups is 1. The van der Waals surface area contributed by atoms with Crippen molar-refractivity contribution in [3.8, 4) is 0 Å². The summed E-state index contributed by atoms with van der Waals surface area (Å²) in [5, 5.41) is 13.3. The smallest absolute Gasteiger partial charge is 0.360 e. The highest BCUT2D eigenvalue weighted by molar-refractivity contribution is 9.10. The van der Waals surface area contributed by atoms with Gasteiger partial charge in [0, 0.05) is 10.0 Å². The van der Waals surface area contributed by atoms with Crippen LogP contribution in [0, 0.1) is 0 Å². The minimum Gasteiger partial charge on any atom is -0.360 e. The van der Waals surface area contributed by atoms with Gasteiger partial charge in [-0.1, -0.05) is 22.0 Å². The molecule has 2 rings (SSSR count). The molecule has 4 nitrogen and oxygen atoms in total. The van der Waals surface area contributed by atoms with E-state index in [0.717, 1.165) is 6.07 Å². The van der Waals surface area contributed by atoms with E-state index in [9.17, 15) is 23.1 Å². The van der Waals surface area contributed by atoms with E-state index < -0.39 is 23.5 Å². The second-order valence-corrected chi connectivity index (χ2v) is 4.39. The van der Waals surface area contributed by atoms with Gasteiger partial charge < -0.3 is 10.4 Å². The average Bonchev–Trinajstić information content (AvgIpc) is 2.14. The van der Waals surface area contributed by atoms with E-state index in [1.807, 2.05) is 0 Å². The summed E-state index contributed by atoms with van der Waals surface area (Å²) >= 11 is 3.06. The molecule has 0 saturated carbocycles. The summed E-state index contributed by atoms with van der Waals surface area (Å²) in [6, 6.07) is 2.59. The lowest BCUT2D eigenvalue weighted by molar-refractivity contribution is -0.274. The number of carbonyl (C=O) groups excluding carboxylic acids is 1. The van der Waals surface area contributed by atoms with Crippen LogP contribution >= 0.6 is 15.9 Å². The predicted octanol–water partition coefficient (Wildman–Crippen LogP) is 2.29. The van der Waals surface area contributed by atoms with Gasteiger partial charge in [-0.15, -0.1) is 0 Å². The Morgan fingerprint density at radius 3 is 2.59 bits per heavy atom. The van der Waals surface area contributed by atoms with Gasteiger partial charge in [-0.3, -0.25) is 5.32 Å². The van der Waals surface area contributed by atoms with E-state index in [0.29, 0.717) is 4.47 Å². The summed E-state index contributed by atoms with van der Waals surface area (Å²) < 4.78 is 38.8. The summed E-state index contributed by atoms with van der Waals surface area (Å²) in [5.41, 5.74) is -3.92. The molecular formula is C9H6BrF3N2O2. The number of amides is 2. The molecule has 0 bridgehead atoms. The molecule has 1 aliphatic rings. The number of alkyl halides is 3. The highest BCUT2D eigenvalue weighted by Gasteiger charge is 2.59. The van der Waals surface area contributed by atoms with Crippen LogP contribution in [-0.4, -0.2) is 17.3 Å². The monoisotopic (exact) mass is 310 g/mol. The van der Waals surface area contributed by atoms with E-state index in [1.54, 1.807) is 0 Å². The number of fused-ring (bicyclic) bond motifs is 1. The Balaban J connectivity index is 2.63. The van der Waals surface area contributed by atoms with E-state index in [1.165, 1.54) is 17.4 Å². The van der Waals surface area contributed by atoms with Crippen LogP contribution in [0.25, 0.3) is 0 Å². The van der Waals surface area contributed by atoms with E-state index in [-0.39, 0.29) is 5.69 Å². The highest BCUT2D eigenvalue weighted by atomic mass is 79.9. The Bertz CT molecular complexity index is 492. The summed E-state index contributed by atoms with van der Waals surface area (Å²) in [4.78, 5) is 11.1. The molecule has 8 heteroatoms. The molecule has 1 atom stereocenters. The van der Waals surface area contributed by atoms with Crippen LogP contribution < -0.4 is 10.6 Å². The van der Waals surface area contributed by atoms with Gasteiger partial charge in [0.05, 0.1) is 5.69 Å². The number of benzene rings is 1. The number of rotatable bonds is 0. The zero-order chi connectivity index (χ0) is 12.8. The summed E-state index contributed by atoms with van der Waals surface area (Å²) in [6.07, 6.45) is -5.01. The Morgan fingerprint density at radius 1 is 1.35 bits per heavy atom. The molecule has 1 unspecified atom stereocenters. The molecule has 17 heavy (non-hydrogen) atoms. The maximum Gasteiger partial charge on any atom is 0.441 e. The zero-order valence-corrected chi connectivity index (χ0v) is 9.69. The van der Waals surface area contributed by atoms with Crippen molar-refractivity contribution in [1.82, 2.24) is 5.32 Å². The van der Waals surface area contributed by atoms with Gasteiger partial charge in [-0.05, 0) is 12.1 Å². The lowest BCUT2D eigenvalue weighted by Gasteiger charge is -2.36. The minimum atomic E-state index is -5.01. The van der Waals surface area contributed by atoms with E-state index in [2.05, 4.69) is 21.2 Å². The highest BCUT2D eigenvalue weighted by Crippen LogP contribution is 2.42. The normalized spacial score (nSPS) is 23.7. The molecule has 0 fully saturated rings. The number of halogens is 4. The molecule has 92 valence electrons. The Hall–Kier alpha value is -1.28. The maximum atomic E-state index is 12.8. The van der Waals surface area contributed by atoms with Gasteiger partial charge in [-0.2, -0.15) is 13.2 Å². The Morgan fingerprint density at radius 2 is 2.00 bits per heavy atom. The SMILES string of the molecule is O=C1Nc2cc(Br)ccc2C(O)(C(F)(F)F)N1. The largest absolute Gasteiger partial charge is 0.441 e. The van der Waals surface area contributed by atoms with Crippen molar-refractivity contribution in [2.24, 2.45) is 0 Å². The van der Waals surface area contributed by atoms with Crippen LogP contribution in [0.2, 0.25) is 0 Å². The first-order chi connectivity index (χ1) is 7.74. The van der Waals surface area contributed by atoms with Gasteiger partial charge in [0.1, 0.15) is 0 Å². The second-order valence-electron chi connectivity index (χ2n) is 3.48. The average molecular weight is 311 g/mol. The number of anilines is 1. The number of aliphatic hydroxyl groups is 1. The third-order valence-corrected chi connectivity index (χ3v) is 2.82. The Labute approximate surface area is 102 Å². The van der Waals surface area contributed by atoms with Gasteiger partial charge >= 0.3 is 12.2 Å². The van der Waals surface area contributed by atoms with Crippen LogP contribution in [0.4, 0.5) is 23.7 Å². The molecule has 1 aromatic carbocycles. The van der Waals surface area contributed by atoms with Crippen molar-refractivity contribution < 1.29 is 23.1 Å². The number of hydrogen-bond acceptors (Lipinski definition) is 2. The van der Waals surface area contributed by atoms with Crippen LogP contribution in [0.3, 0.4) is 0 Å². The molecule has 2 amide bonds. The van der Waals surface area contributed by atoms with Gasteiger partial charge in [-0.25, -0.2) is 4.79 Å². The maximum absolute atomic E-state index is 12.8. The van der Waals surface area contributed by atoms with Gasteiger partial charge in [0.25, 0.3) is 5.72 Å². The molecule has 0 saturated heterocycles.